The lowest BCUT2D eigenvalue weighted by atomic mass is 9.99. The fraction of sp³-hybridized carbons (Fsp3) is 0.923. The molecule has 30 heavy (non-hydrogen) atoms. The van der Waals surface area contributed by atoms with Crippen molar-refractivity contribution >= 4 is 14.3 Å². The number of hydrogen-bond donors (Lipinski definition) is 0. The lowest BCUT2D eigenvalue weighted by Crippen LogP contribution is -2.29. The van der Waals surface area contributed by atoms with Crippen LogP contribution in [0.1, 0.15) is 128 Å². The Morgan fingerprint density at radius 2 is 0.633 bits per heavy atom. The molecule has 0 aromatic rings. The van der Waals surface area contributed by atoms with Crippen molar-refractivity contribution in [2.45, 2.75) is 151 Å². The van der Waals surface area contributed by atoms with Gasteiger partial charge in [-0.05, 0) is 51.4 Å². The van der Waals surface area contributed by atoms with Crippen LogP contribution in [0.2, 0.25) is 0 Å². The Labute approximate surface area is 186 Å². The zero-order valence-corrected chi connectivity index (χ0v) is 21.2. The van der Waals surface area contributed by atoms with Crippen LogP contribution in [0.4, 0.5) is 0 Å². The molecule has 4 rings (SSSR count). The van der Waals surface area contributed by atoms with Crippen molar-refractivity contribution in [3.8, 4) is 0 Å². The molecule has 0 aromatic carbocycles. The molecule has 0 spiro atoms. The molecule has 0 bridgehead atoms. The molecule has 4 saturated carbocycles. The van der Waals surface area contributed by atoms with E-state index in [4.69, 9.17) is 0 Å². The summed E-state index contributed by atoms with van der Waals surface area (Å²) in [4.78, 5) is 0. The van der Waals surface area contributed by atoms with E-state index in [1.54, 1.807) is 0 Å². The number of hydrogen-bond acceptors (Lipinski definition) is 2. The average Bonchev–Trinajstić information content (AvgIpc) is 2.84. The summed E-state index contributed by atoms with van der Waals surface area (Å²) in [6.07, 6.45) is 23.7. The van der Waals surface area contributed by atoms with Gasteiger partial charge >= 0.3 is 0 Å². The minimum Gasteiger partial charge on any atom is -0.318 e. The van der Waals surface area contributed by atoms with E-state index >= 15 is 9.13 Å². The highest BCUT2D eigenvalue weighted by Crippen LogP contribution is 2.82. The standard InChI is InChI=1S/C26H46O2P2/c1-22(29(27,23-14-6-2-7-15-23)24-16-8-3-9-17-24)30(28,25-18-10-4-11-19-25)26-20-12-5-13-21-26/h23-26H,1-21H2. The summed E-state index contributed by atoms with van der Waals surface area (Å²) in [7, 11) is -5.35. The van der Waals surface area contributed by atoms with Gasteiger partial charge in [-0.2, -0.15) is 0 Å². The summed E-state index contributed by atoms with van der Waals surface area (Å²) in [6.45, 7) is 4.67. The van der Waals surface area contributed by atoms with Crippen molar-refractivity contribution in [2.24, 2.45) is 0 Å². The van der Waals surface area contributed by atoms with Crippen molar-refractivity contribution in [1.29, 1.82) is 0 Å². The second-order valence-corrected chi connectivity index (χ2v) is 18.2. The van der Waals surface area contributed by atoms with Gasteiger partial charge in [-0.15, -0.1) is 0 Å². The summed E-state index contributed by atoms with van der Waals surface area (Å²) in [5.74, 6) is 0. The average molecular weight is 453 g/mol. The minimum absolute atomic E-state index is 0.294. The summed E-state index contributed by atoms with van der Waals surface area (Å²) in [5, 5.41) is 0.882. The van der Waals surface area contributed by atoms with Crippen LogP contribution in [0.3, 0.4) is 0 Å². The summed E-state index contributed by atoms with van der Waals surface area (Å²) >= 11 is 0. The van der Waals surface area contributed by atoms with Gasteiger partial charge in [0.2, 0.25) is 0 Å². The Morgan fingerprint density at radius 1 is 0.433 bits per heavy atom. The van der Waals surface area contributed by atoms with Gasteiger partial charge in [0.05, 0.1) is 0 Å². The first-order valence-electron chi connectivity index (χ1n) is 13.5. The first-order valence-corrected chi connectivity index (χ1v) is 17.2. The zero-order chi connectivity index (χ0) is 21.0. The molecule has 4 aliphatic carbocycles. The maximum absolute atomic E-state index is 15.3. The normalized spacial score (nSPS) is 27.2. The molecule has 0 amide bonds. The van der Waals surface area contributed by atoms with Crippen molar-refractivity contribution in [1.82, 2.24) is 0 Å². The van der Waals surface area contributed by atoms with Gasteiger partial charge in [-0.3, -0.25) is 0 Å². The smallest absolute Gasteiger partial charge is 0.124 e. The predicted molar refractivity (Wildman–Crippen MR) is 132 cm³/mol. The first kappa shape index (κ1) is 23.4. The molecular formula is C26H46O2P2. The monoisotopic (exact) mass is 452 g/mol. The molecule has 0 atom stereocenters. The summed E-state index contributed by atoms with van der Waals surface area (Å²) < 4.78 is 30.6. The van der Waals surface area contributed by atoms with E-state index in [0.29, 0.717) is 22.6 Å². The molecule has 172 valence electrons. The van der Waals surface area contributed by atoms with Crippen LogP contribution in [0.25, 0.3) is 0 Å². The molecule has 2 nitrogen and oxygen atoms in total. The van der Waals surface area contributed by atoms with Gasteiger partial charge < -0.3 is 9.13 Å². The highest BCUT2D eigenvalue weighted by Gasteiger charge is 2.53. The predicted octanol–water partition coefficient (Wildman–Crippen LogP) is 9.51. The lowest BCUT2D eigenvalue weighted by molar-refractivity contribution is 0.444. The number of rotatable bonds is 6. The van der Waals surface area contributed by atoms with E-state index < -0.39 is 14.3 Å². The van der Waals surface area contributed by atoms with Gasteiger partial charge in [-0.25, -0.2) is 0 Å². The van der Waals surface area contributed by atoms with Crippen LogP contribution in [-0.4, -0.2) is 22.6 Å². The molecule has 0 saturated heterocycles. The van der Waals surface area contributed by atoms with Gasteiger partial charge in [0.15, 0.2) is 0 Å². The van der Waals surface area contributed by atoms with E-state index in [0.717, 1.165) is 56.4 Å². The molecule has 0 heterocycles. The van der Waals surface area contributed by atoms with Crippen molar-refractivity contribution in [3.05, 3.63) is 11.6 Å². The molecule has 0 aromatic heterocycles. The third-order valence-electron chi connectivity index (χ3n) is 9.28. The largest absolute Gasteiger partial charge is 0.318 e. The minimum atomic E-state index is -2.67. The SMILES string of the molecule is C=C(P(=O)(C1CCCCC1)C1CCCCC1)P(=O)(C1CCCCC1)C1CCCCC1. The Kier molecular flexibility index (Phi) is 8.12. The van der Waals surface area contributed by atoms with Crippen molar-refractivity contribution in [3.63, 3.8) is 0 Å². The van der Waals surface area contributed by atoms with E-state index in [1.807, 2.05) is 0 Å². The van der Waals surface area contributed by atoms with Crippen LogP contribution in [-0.2, 0) is 9.13 Å². The van der Waals surface area contributed by atoms with Crippen LogP contribution < -0.4 is 0 Å². The van der Waals surface area contributed by atoms with E-state index in [-0.39, 0.29) is 0 Å². The highest BCUT2D eigenvalue weighted by molar-refractivity contribution is 7.88. The molecule has 4 aliphatic rings. The summed E-state index contributed by atoms with van der Waals surface area (Å²) in [6, 6.07) is 0. The van der Waals surface area contributed by atoms with Crippen LogP contribution in [0, 0.1) is 0 Å². The lowest BCUT2D eigenvalue weighted by Gasteiger charge is -2.46. The van der Waals surface area contributed by atoms with Crippen LogP contribution in [0.5, 0.6) is 0 Å². The molecule has 4 heteroatoms. The van der Waals surface area contributed by atoms with E-state index in [2.05, 4.69) is 6.58 Å². The van der Waals surface area contributed by atoms with Crippen LogP contribution in [0.15, 0.2) is 11.6 Å². The quantitative estimate of drug-likeness (QED) is 0.376. The second kappa shape index (κ2) is 10.4. The third kappa shape index (κ3) is 4.49. The first-order chi connectivity index (χ1) is 14.6. The maximum atomic E-state index is 15.3. The van der Waals surface area contributed by atoms with Gasteiger partial charge in [0.1, 0.15) is 14.3 Å². The Hall–Kier alpha value is 0.200. The van der Waals surface area contributed by atoms with Crippen LogP contribution >= 0.6 is 14.3 Å². The van der Waals surface area contributed by atoms with Gasteiger partial charge in [-0.1, -0.05) is 83.6 Å². The van der Waals surface area contributed by atoms with E-state index in [1.165, 1.54) is 77.0 Å². The van der Waals surface area contributed by atoms with Crippen molar-refractivity contribution < 1.29 is 9.13 Å². The maximum Gasteiger partial charge on any atom is 0.124 e. The Balaban J connectivity index is 1.73. The van der Waals surface area contributed by atoms with Gasteiger partial charge in [0.25, 0.3) is 0 Å². The molecule has 0 radical (unpaired) electrons. The highest BCUT2D eigenvalue weighted by atomic mass is 31.2. The topological polar surface area (TPSA) is 34.1 Å². The van der Waals surface area contributed by atoms with Gasteiger partial charge in [0, 0.05) is 27.7 Å². The fourth-order valence-corrected chi connectivity index (χ4v) is 18.9. The molecule has 4 fully saturated rings. The summed E-state index contributed by atoms with van der Waals surface area (Å²) in [5.41, 5.74) is 1.18. The molecule has 0 unspecified atom stereocenters. The second-order valence-electron chi connectivity index (χ2n) is 11.0. The molecule has 0 N–H and O–H groups in total. The third-order valence-corrected chi connectivity index (χ3v) is 19.2. The van der Waals surface area contributed by atoms with Crippen molar-refractivity contribution in [2.75, 3.05) is 0 Å². The zero-order valence-electron chi connectivity index (χ0n) is 19.4. The molecular weight excluding hydrogens is 406 g/mol. The fourth-order valence-electron chi connectivity index (χ4n) is 7.54. The van der Waals surface area contributed by atoms with E-state index in [9.17, 15) is 0 Å². The Bertz CT molecular complexity index is 561. The Morgan fingerprint density at radius 3 is 0.833 bits per heavy atom. The molecule has 0 aliphatic heterocycles.